The molecule has 0 unspecified atom stereocenters. The van der Waals surface area contributed by atoms with E-state index in [1.165, 1.54) is 7.11 Å². The van der Waals surface area contributed by atoms with Crippen LogP contribution in [-0.4, -0.2) is 26.6 Å². The number of ether oxygens (including phenoxy) is 1. The summed E-state index contributed by atoms with van der Waals surface area (Å²) in [5, 5.41) is 8.75. The highest BCUT2D eigenvalue weighted by molar-refractivity contribution is 7.92. The Kier molecular flexibility index (Phi) is 4.88. The van der Waals surface area contributed by atoms with Gasteiger partial charge in [-0.25, -0.2) is 30.8 Å². The minimum Gasteiger partial charge on any atom is -0.494 e. The lowest BCUT2D eigenvalue weighted by Crippen LogP contribution is -2.18. The van der Waals surface area contributed by atoms with Crippen LogP contribution < -0.4 is 9.46 Å². The summed E-state index contributed by atoms with van der Waals surface area (Å²) in [6.07, 6.45) is 0. The van der Waals surface area contributed by atoms with Crippen LogP contribution >= 0.6 is 0 Å². The second kappa shape index (κ2) is 6.59. The molecule has 25 heavy (non-hydrogen) atoms. The van der Waals surface area contributed by atoms with Crippen molar-refractivity contribution in [2.24, 2.45) is 0 Å². The van der Waals surface area contributed by atoms with Gasteiger partial charge in [0.1, 0.15) is 4.90 Å². The van der Waals surface area contributed by atoms with Crippen molar-refractivity contribution in [3.8, 4) is 5.75 Å². The zero-order valence-electron chi connectivity index (χ0n) is 12.3. The maximum atomic E-state index is 13.8. The van der Waals surface area contributed by atoms with Crippen LogP contribution in [0, 0.1) is 23.3 Å². The number of carboxylic acids is 1. The van der Waals surface area contributed by atoms with E-state index in [0.29, 0.717) is 6.07 Å². The Morgan fingerprint density at radius 2 is 1.72 bits per heavy atom. The van der Waals surface area contributed by atoms with E-state index < -0.39 is 49.7 Å². The van der Waals surface area contributed by atoms with Crippen molar-refractivity contribution in [2.45, 2.75) is 4.90 Å². The molecule has 2 aromatic carbocycles. The molecule has 6 nitrogen and oxygen atoms in total. The summed E-state index contributed by atoms with van der Waals surface area (Å²) >= 11 is 0. The minimum absolute atomic E-state index is 0.123. The quantitative estimate of drug-likeness (QED) is 0.616. The van der Waals surface area contributed by atoms with Crippen molar-refractivity contribution in [1.29, 1.82) is 0 Å². The van der Waals surface area contributed by atoms with Crippen LogP contribution in [0.2, 0.25) is 0 Å². The number of anilines is 1. The van der Waals surface area contributed by atoms with Gasteiger partial charge in [0.15, 0.2) is 29.0 Å². The van der Waals surface area contributed by atoms with Crippen LogP contribution in [0.3, 0.4) is 0 Å². The average molecular weight is 379 g/mol. The molecule has 2 N–H and O–H groups in total. The largest absolute Gasteiger partial charge is 0.494 e. The lowest BCUT2D eigenvalue weighted by molar-refractivity contribution is 0.0690. The van der Waals surface area contributed by atoms with Crippen LogP contribution in [0.15, 0.2) is 29.2 Å². The number of carbonyl (C=O) groups is 1. The number of hydrogen-bond acceptors (Lipinski definition) is 4. The van der Waals surface area contributed by atoms with E-state index in [-0.39, 0.29) is 17.5 Å². The molecule has 0 aliphatic heterocycles. The van der Waals surface area contributed by atoms with Crippen LogP contribution in [0.4, 0.5) is 23.2 Å². The Labute approximate surface area is 138 Å². The molecule has 0 amide bonds. The summed E-state index contributed by atoms with van der Waals surface area (Å²) in [4.78, 5) is 9.39. The first-order valence-corrected chi connectivity index (χ1v) is 7.84. The number of halogens is 4. The molecule has 0 radical (unpaired) electrons. The van der Waals surface area contributed by atoms with Gasteiger partial charge in [-0.1, -0.05) is 0 Å². The van der Waals surface area contributed by atoms with Gasteiger partial charge in [0.25, 0.3) is 10.0 Å². The van der Waals surface area contributed by atoms with Gasteiger partial charge >= 0.3 is 5.97 Å². The molecule has 11 heteroatoms. The zero-order valence-corrected chi connectivity index (χ0v) is 13.1. The molecule has 0 bridgehead atoms. The molecule has 0 spiro atoms. The smallest absolute Gasteiger partial charge is 0.338 e. The first-order valence-electron chi connectivity index (χ1n) is 6.35. The standard InChI is InChI=1S/C14H9F4NO5S/c1-24-9-3-2-6(4-8(9)15)19-25(22,23)10-5-7(14(20)21)11(16)13(18)12(10)17/h2-5,19H,1H3,(H,20,21). The van der Waals surface area contributed by atoms with Crippen molar-refractivity contribution < 1.29 is 40.6 Å². The predicted molar refractivity (Wildman–Crippen MR) is 77.0 cm³/mol. The lowest BCUT2D eigenvalue weighted by Gasteiger charge is -2.11. The van der Waals surface area contributed by atoms with Crippen LogP contribution in [0.1, 0.15) is 10.4 Å². The second-order valence-electron chi connectivity index (χ2n) is 4.62. The van der Waals surface area contributed by atoms with Gasteiger partial charge in [0.2, 0.25) is 0 Å². The summed E-state index contributed by atoms with van der Waals surface area (Å²) in [5.74, 6) is -9.55. The second-order valence-corrected chi connectivity index (χ2v) is 6.28. The minimum atomic E-state index is -4.88. The molecule has 0 heterocycles. The van der Waals surface area contributed by atoms with E-state index in [0.717, 1.165) is 12.1 Å². The number of aromatic carboxylic acids is 1. The highest BCUT2D eigenvalue weighted by atomic mass is 32.2. The predicted octanol–water partition coefficient (Wildman–Crippen LogP) is 2.75. The van der Waals surface area contributed by atoms with Crippen molar-refractivity contribution in [2.75, 3.05) is 11.8 Å². The molecule has 0 aromatic heterocycles. The fourth-order valence-electron chi connectivity index (χ4n) is 1.87. The normalized spacial score (nSPS) is 11.2. The van der Waals surface area contributed by atoms with Crippen molar-refractivity contribution in [1.82, 2.24) is 0 Å². The average Bonchev–Trinajstić information content (AvgIpc) is 2.52. The van der Waals surface area contributed by atoms with E-state index in [9.17, 15) is 30.8 Å². The fourth-order valence-corrected chi connectivity index (χ4v) is 3.02. The Morgan fingerprint density at radius 1 is 1.08 bits per heavy atom. The number of nitrogens with one attached hydrogen (secondary N) is 1. The number of methoxy groups -OCH3 is 1. The summed E-state index contributed by atoms with van der Waals surface area (Å²) in [7, 11) is -3.71. The van der Waals surface area contributed by atoms with Gasteiger partial charge in [0.05, 0.1) is 18.4 Å². The first-order chi connectivity index (χ1) is 11.6. The molecular formula is C14H9F4NO5S. The van der Waals surface area contributed by atoms with Crippen molar-refractivity contribution >= 4 is 21.7 Å². The number of hydrogen-bond donors (Lipinski definition) is 2. The van der Waals surface area contributed by atoms with Crippen LogP contribution in [-0.2, 0) is 10.0 Å². The lowest BCUT2D eigenvalue weighted by atomic mass is 10.2. The SMILES string of the molecule is COc1ccc(NS(=O)(=O)c2cc(C(=O)O)c(F)c(F)c2F)cc1F. The summed E-state index contributed by atoms with van der Waals surface area (Å²) in [5.41, 5.74) is -1.75. The molecule has 0 saturated heterocycles. The number of carboxylic acid groups (broad SMARTS) is 1. The summed E-state index contributed by atoms with van der Waals surface area (Å²) < 4.78 is 84.8. The molecule has 0 aliphatic rings. The van der Waals surface area contributed by atoms with E-state index in [1.54, 1.807) is 4.72 Å². The fraction of sp³-hybridized carbons (Fsp3) is 0.0714. The first kappa shape index (κ1) is 18.5. The summed E-state index contributed by atoms with van der Waals surface area (Å²) in [6.45, 7) is 0. The maximum Gasteiger partial charge on any atom is 0.338 e. The van der Waals surface area contributed by atoms with E-state index in [1.807, 2.05) is 0 Å². The van der Waals surface area contributed by atoms with E-state index in [4.69, 9.17) is 5.11 Å². The Morgan fingerprint density at radius 3 is 2.24 bits per heavy atom. The van der Waals surface area contributed by atoms with Gasteiger partial charge in [-0.05, 0) is 18.2 Å². The third kappa shape index (κ3) is 3.50. The van der Waals surface area contributed by atoms with Crippen molar-refractivity contribution in [3.05, 3.63) is 53.1 Å². The molecule has 0 fully saturated rings. The highest BCUT2D eigenvalue weighted by Gasteiger charge is 2.29. The molecule has 0 saturated carbocycles. The molecule has 0 atom stereocenters. The number of rotatable bonds is 5. The Hall–Kier alpha value is -2.82. The van der Waals surface area contributed by atoms with Crippen molar-refractivity contribution in [3.63, 3.8) is 0 Å². The molecule has 2 aromatic rings. The third-order valence-corrected chi connectivity index (χ3v) is 4.42. The molecule has 2 rings (SSSR count). The summed E-state index contributed by atoms with van der Waals surface area (Å²) in [6, 6.07) is 2.96. The number of sulfonamides is 1. The Balaban J connectivity index is 2.53. The van der Waals surface area contributed by atoms with Crippen LogP contribution in [0.25, 0.3) is 0 Å². The maximum absolute atomic E-state index is 13.8. The molecule has 134 valence electrons. The van der Waals surface area contributed by atoms with Gasteiger partial charge in [0, 0.05) is 6.07 Å². The third-order valence-electron chi connectivity index (χ3n) is 3.04. The molecule has 0 aliphatic carbocycles. The van der Waals surface area contributed by atoms with Gasteiger partial charge in [-0.15, -0.1) is 0 Å². The van der Waals surface area contributed by atoms with E-state index >= 15 is 0 Å². The zero-order chi connectivity index (χ0) is 18.9. The number of benzene rings is 2. The monoisotopic (exact) mass is 379 g/mol. The van der Waals surface area contributed by atoms with Gasteiger partial charge in [-0.3, -0.25) is 4.72 Å². The van der Waals surface area contributed by atoms with Crippen LogP contribution in [0.5, 0.6) is 5.75 Å². The van der Waals surface area contributed by atoms with Gasteiger partial charge in [-0.2, -0.15) is 0 Å². The topological polar surface area (TPSA) is 92.7 Å². The highest BCUT2D eigenvalue weighted by Crippen LogP contribution is 2.27. The Bertz CT molecular complexity index is 962. The van der Waals surface area contributed by atoms with Gasteiger partial charge < -0.3 is 9.84 Å². The van der Waals surface area contributed by atoms with E-state index in [2.05, 4.69) is 4.74 Å². The molecular weight excluding hydrogens is 370 g/mol.